The number of aromatic nitrogens is 2. The van der Waals surface area contributed by atoms with Crippen molar-refractivity contribution in [2.75, 3.05) is 5.32 Å². The predicted molar refractivity (Wildman–Crippen MR) is 64.6 cm³/mol. The number of aliphatic imine (C=N–C) groups is 1. The molecule has 5 nitrogen and oxygen atoms in total. The van der Waals surface area contributed by atoms with E-state index < -0.39 is 6.43 Å². The molecule has 1 N–H and O–H groups in total. The van der Waals surface area contributed by atoms with Crippen LogP contribution in [-0.4, -0.2) is 22.5 Å². The SMILES string of the molecule is FC(F)C1=CC(c2ccccc2)=Nc2nonc2N1. The maximum absolute atomic E-state index is 12.9. The Hall–Kier alpha value is -2.57. The van der Waals surface area contributed by atoms with Gasteiger partial charge >= 0.3 is 0 Å². The number of allylic oxidation sites excluding steroid dienone is 2. The molecule has 3 rings (SSSR count). The third-order valence-electron chi connectivity index (χ3n) is 2.56. The van der Waals surface area contributed by atoms with Gasteiger partial charge in [0.15, 0.2) is 0 Å². The Morgan fingerprint density at radius 2 is 1.89 bits per heavy atom. The van der Waals surface area contributed by atoms with Crippen molar-refractivity contribution in [1.29, 1.82) is 0 Å². The van der Waals surface area contributed by atoms with Gasteiger partial charge in [0.2, 0.25) is 11.6 Å². The fraction of sp³-hybridized carbons (Fsp3) is 0.0833. The maximum atomic E-state index is 12.9. The van der Waals surface area contributed by atoms with Crippen LogP contribution in [0.15, 0.2) is 51.7 Å². The molecular formula is C12H8F2N4O. The lowest BCUT2D eigenvalue weighted by Crippen LogP contribution is -2.10. The number of fused-ring (bicyclic) bond motifs is 1. The number of anilines is 1. The van der Waals surface area contributed by atoms with Crippen molar-refractivity contribution in [3.63, 3.8) is 0 Å². The predicted octanol–water partition coefficient (Wildman–Crippen LogP) is 2.76. The minimum Gasteiger partial charge on any atom is -0.333 e. The molecule has 0 saturated heterocycles. The Morgan fingerprint density at radius 1 is 1.11 bits per heavy atom. The summed E-state index contributed by atoms with van der Waals surface area (Å²) in [5.41, 5.74) is 0.785. The Morgan fingerprint density at radius 3 is 2.63 bits per heavy atom. The van der Waals surface area contributed by atoms with E-state index in [2.05, 4.69) is 25.3 Å². The molecule has 0 aliphatic carbocycles. The molecule has 1 aliphatic rings. The number of hydrogen-bond acceptors (Lipinski definition) is 5. The molecular weight excluding hydrogens is 254 g/mol. The molecule has 0 fully saturated rings. The standard InChI is InChI=1S/C12H8F2N4O/c13-10(14)9-6-8(7-4-2-1-3-5-7)15-11-12(16-9)18-19-17-11/h1-6,10H,(H,16,18). The summed E-state index contributed by atoms with van der Waals surface area (Å²) in [5.74, 6) is 0.225. The van der Waals surface area contributed by atoms with Crippen molar-refractivity contribution in [1.82, 2.24) is 10.3 Å². The van der Waals surface area contributed by atoms with Crippen LogP contribution in [0.3, 0.4) is 0 Å². The molecule has 0 unspecified atom stereocenters. The summed E-state index contributed by atoms with van der Waals surface area (Å²) < 4.78 is 30.3. The van der Waals surface area contributed by atoms with E-state index in [1.807, 2.05) is 6.07 Å². The fourth-order valence-corrected chi connectivity index (χ4v) is 1.68. The van der Waals surface area contributed by atoms with Crippen LogP contribution in [-0.2, 0) is 0 Å². The first-order chi connectivity index (χ1) is 9.24. The number of halogens is 2. The van der Waals surface area contributed by atoms with Crippen molar-refractivity contribution in [2.45, 2.75) is 6.43 Å². The minimum absolute atomic E-state index is 0.0810. The normalized spacial score (nSPS) is 14.3. The van der Waals surface area contributed by atoms with Crippen LogP contribution >= 0.6 is 0 Å². The topological polar surface area (TPSA) is 63.3 Å². The highest BCUT2D eigenvalue weighted by molar-refractivity contribution is 6.11. The Kier molecular flexibility index (Phi) is 2.79. The van der Waals surface area contributed by atoms with Gasteiger partial charge in [-0.05, 0) is 16.4 Å². The van der Waals surface area contributed by atoms with Crippen LogP contribution in [0.25, 0.3) is 0 Å². The highest BCUT2D eigenvalue weighted by Gasteiger charge is 2.21. The van der Waals surface area contributed by atoms with E-state index >= 15 is 0 Å². The molecule has 0 spiro atoms. The van der Waals surface area contributed by atoms with Gasteiger partial charge in [0.1, 0.15) is 0 Å². The van der Waals surface area contributed by atoms with Gasteiger partial charge in [0.25, 0.3) is 6.43 Å². The number of hydrogen-bond donors (Lipinski definition) is 1. The first-order valence-corrected chi connectivity index (χ1v) is 5.47. The second-order valence-corrected chi connectivity index (χ2v) is 3.82. The van der Waals surface area contributed by atoms with Gasteiger partial charge < -0.3 is 5.32 Å². The monoisotopic (exact) mass is 262 g/mol. The van der Waals surface area contributed by atoms with E-state index in [1.54, 1.807) is 24.3 Å². The zero-order chi connectivity index (χ0) is 13.2. The first-order valence-electron chi connectivity index (χ1n) is 5.47. The van der Waals surface area contributed by atoms with E-state index in [0.717, 1.165) is 0 Å². The summed E-state index contributed by atoms with van der Waals surface area (Å²) in [7, 11) is 0. The van der Waals surface area contributed by atoms with E-state index in [1.165, 1.54) is 6.08 Å². The lowest BCUT2D eigenvalue weighted by atomic mass is 10.1. The first kappa shape index (κ1) is 11.5. The van der Waals surface area contributed by atoms with Crippen LogP contribution in [0.2, 0.25) is 0 Å². The fourth-order valence-electron chi connectivity index (χ4n) is 1.68. The van der Waals surface area contributed by atoms with Crippen molar-refractivity contribution >= 4 is 17.3 Å². The number of nitrogens with one attached hydrogen (secondary N) is 1. The van der Waals surface area contributed by atoms with Gasteiger partial charge in [-0.2, -0.15) is 0 Å². The minimum atomic E-state index is -2.67. The van der Waals surface area contributed by atoms with Crippen LogP contribution in [0.1, 0.15) is 5.56 Å². The van der Waals surface area contributed by atoms with Crippen molar-refractivity contribution in [3.8, 4) is 0 Å². The van der Waals surface area contributed by atoms with Crippen molar-refractivity contribution < 1.29 is 13.4 Å². The molecule has 1 aliphatic heterocycles. The van der Waals surface area contributed by atoms with Crippen molar-refractivity contribution in [2.24, 2.45) is 4.99 Å². The number of benzene rings is 1. The third-order valence-corrected chi connectivity index (χ3v) is 2.56. The average molecular weight is 262 g/mol. The Bertz CT molecular complexity index is 649. The van der Waals surface area contributed by atoms with E-state index in [0.29, 0.717) is 11.3 Å². The molecule has 2 aromatic rings. The second-order valence-electron chi connectivity index (χ2n) is 3.82. The van der Waals surface area contributed by atoms with E-state index in [-0.39, 0.29) is 17.3 Å². The average Bonchev–Trinajstić information content (AvgIpc) is 2.77. The summed E-state index contributed by atoms with van der Waals surface area (Å²) in [5, 5.41) is 9.54. The number of nitrogens with zero attached hydrogens (tertiary/aromatic N) is 3. The quantitative estimate of drug-likeness (QED) is 0.903. The van der Waals surface area contributed by atoms with Crippen LogP contribution in [0.4, 0.5) is 20.4 Å². The van der Waals surface area contributed by atoms with Gasteiger partial charge in [0, 0.05) is 5.56 Å². The van der Waals surface area contributed by atoms with Crippen molar-refractivity contribution in [3.05, 3.63) is 47.7 Å². The zero-order valence-electron chi connectivity index (χ0n) is 9.55. The van der Waals surface area contributed by atoms with Crippen LogP contribution < -0.4 is 5.32 Å². The molecule has 0 bridgehead atoms. The van der Waals surface area contributed by atoms with E-state index in [4.69, 9.17) is 0 Å². The molecule has 1 aromatic carbocycles. The molecule has 0 radical (unpaired) electrons. The largest absolute Gasteiger partial charge is 0.333 e. The summed E-state index contributed by atoms with van der Waals surface area (Å²) >= 11 is 0. The highest BCUT2D eigenvalue weighted by Crippen LogP contribution is 2.27. The number of rotatable bonds is 2. The summed E-state index contributed by atoms with van der Waals surface area (Å²) in [4.78, 5) is 4.18. The molecule has 0 saturated carbocycles. The smallest absolute Gasteiger partial charge is 0.278 e. The lowest BCUT2D eigenvalue weighted by Gasteiger charge is -2.05. The summed E-state index contributed by atoms with van der Waals surface area (Å²) in [6.45, 7) is 0. The maximum Gasteiger partial charge on any atom is 0.278 e. The molecule has 19 heavy (non-hydrogen) atoms. The summed E-state index contributed by atoms with van der Waals surface area (Å²) in [6, 6.07) is 8.98. The summed E-state index contributed by atoms with van der Waals surface area (Å²) in [6.07, 6.45) is -1.39. The molecule has 1 aromatic heterocycles. The van der Waals surface area contributed by atoms with Gasteiger partial charge in [-0.25, -0.2) is 18.4 Å². The zero-order valence-corrected chi connectivity index (χ0v) is 9.55. The molecule has 96 valence electrons. The Balaban J connectivity index is 2.13. The molecule has 0 amide bonds. The van der Waals surface area contributed by atoms with Gasteiger partial charge in [-0.15, -0.1) is 0 Å². The van der Waals surface area contributed by atoms with Gasteiger partial charge in [-0.3, -0.25) is 0 Å². The Labute approximate surface area is 106 Å². The molecule has 7 heteroatoms. The van der Waals surface area contributed by atoms with E-state index in [9.17, 15) is 8.78 Å². The lowest BCUT2D eigenvalue weighted by molar-refractivity contribution is 0.191. The molecule has 2 heterocycles. The van der Waals surface area contributed by atoms with Gasteiger partial charge in [0.05, 0.1) is 11.4 Å². The van der Waals surface area contributed by atoms with Gasteiger partial charge in [-0.1, -0.05) is 30.3 Å². The van der Waals surface area contributed by atoms with Crippen LogP contribution in [0.5, 0.6) is 0 Å². The van der Waals surface area contributed by atoms with Crippen LogP contribution in [0, 0.1) is 0 Å². The molecule has 0 atom stereocenters. The number of alkyl halides is 2. The highest BCUT2D eigenvalue weighted by atomic mass is 19.3. The second kappa shape index (κ2) is 4.60. The third kappa shape index (κ3) is 2.22.